The van der Waals surface area contributed by atoms with E-state index in [1.807, 2.05) is 24.3 Å². The van der Waals surface area contributed by atoms with E-state index in [-0.39, 0.29) is 11.7 Å². The van der Waals surface area contributed by atoms with Gasteiger partial charge in [-0.1, -0.05) is 30.3 Å². The molecule has 0 aromatic heterocycles. The van der Waals surface area contributed by atoms with Gasteiger partial charge in [0.25, 0.3) is 5.91 Å². The summed E-state index contributed by atoms with van der Waals surface area (Å²) in [5, 5.41) is 0. The summed E-state index contributed by atoms with van der Waals surface area (Å²) in [6.45, 7) is 0. The van der Waals surface area contributed by atoms with E-state index in [4.69, 9.17) is 0 Å². The quantitative estimate of drug-likeness (QED) is 0.780. The van der Waals surface area contributed by atoms with E-state index in [1.54, 1.807) is 18.0 Å². The van der Waals surface area contributed by atoms with Crippen LogP contribution in [0.3, 0.4) is 0 Å². The van der Waals surface area contributed by atoms with Gasteiger partial charge in [0.2, 0.25) is 0 Å². The zero-order valence-corrected chi connectivity index (χ0v) is 12.1. The van der Waals surface area contributed by atoms with E-state index in [1.165, 1.54) is 24.3 Å². The minimum Gasteiger partial charge on any atom is -0.406 e. The van der Waals surface area contributed by atoms with Crippen LogP contribution in [0.2, 0.25) is 0 Å². The molecule has 1 amide bonds. The first kappa shape index (κ1) is 15.1. The van der Waals surface area contributed by atoms with Gasteiger partial charge in [-0.15, -0.1) is 13.2 Å². The van der Waals surface area contributed by atoms with Crippen LogP contribution in [0.25, 0.3) is 11.6 Å². The summed E-state index contributed by atoms with van der Waals surface area (Å²) in [6, 6.07) is 12.7. The van der Waals surface area contributed by atoms with Crippen LogP contribution < -0.4 is 9.64 Å². The topological polar surface area (TPSA) is 29.5 Å². The van der Waals surface area contributed by atoms with Crippen LogP contribution in [0, 0.1) is 0 Å². The Morgan fingerprint density at radius 3 is 2.35 bits per heavy atom. The maximum absolute atomic E-state index is 12.3. The molecule has 3 nitrogen and oxygen atoms in total. The van der Waals surface area contributed by atoms with E-state index in [0.29, 0.717) is 11.1 Å². The highest BCUT2D eigenvalue weighted by Gasteiger charge is 2.31. The van der Waals surface area contributed by atoms with E-state index in [2.05, 4.69) is 4.74 Å². The number of anilines is 1. The van der Waals surface area contributed by atoms with Crippen molar-refractivity contribution >= 4 is 23.2 Å². The van der Waals surface area contributed by atoms with Crippen molar-refractivity contribution in [2.75, 3.05) is 11.9 Å². The van der Waals surface area contributed by atoms with Gasteiger partial charge in [0.15, 0.2) is 0 Å². The molecule has 0 saturated carbocycles. The first-order chi connectivity index (χ1) is 10.8. The average molecular weight is 319 g/mol. The standard InChI is InChI=1S/C17H12F3NO2/c1-21-15-5-3-2-4-13(15)14(16(21)22)10-11-6-8-12(9-7-11)23-17(18,19)20/h2-10H,1H3. The van der Waals surface area contributed by atoms with Crippen LogP contribution in [0.4, 0.5) is 18.9 Å². The molecular weight excluding hydrogens is 307 g/mol. The van der Waals surface area contributed by atoms with Gasteiger partial charge in [-0.3, -0.25) is 4.79 Å². The molecule has 2 aromatic carbocycles. The average Bonchev–Trinajstić information content (AvgIpc) is 2.73. The molecule has 0 spiro atoms. The Bertz CT molecular complexity index is 779. The fourth-order valence-corrected chi connectivity index (χ4v) is 2.47. The normalized spacial score (nSPS) is 15.9. The van der Waals surface area contributed by atoms with Crippen molar-refractivity contribution in [2.45, 2.75) is 6.36 Å². The second-order valence-corrected chi connectivity index (χ2v) is 5.06. The number of hydrogen-bond acceptors (Lipinski definition) is 2. The number of fused-ring (bicyclic) bond motifs is 1. The van der Waals surface area contributed by atoms with Crippen molar-refractivity contribution in [2.24, 2.45) is 0 Å². The highest BCUT2D eigenvalue weighted by molar-refractivity contribution is 6.35. The Morgan fingerprint density at radius 1 is 1.04 bits per heavy atom. The molecule has 1 aliphatic heterocycles. The van der Waals surface area contributed by atoms with Crippen molar-refractivity contribution in [1.29, 1.82) is 0 Å². The maximum Gasteiger partial charge on any atom is 0.573 e. The molecule has 0 atom stereocenters. The minimum absolute atomic E-state index is 0.151. The third-order valence-electron chi connectivity index (χ3n) is 3.52. The van der Waals surface area contributed by atoms with Gasteiger partial charge in [0.1, 0.15) is 5.75 Å². The number of benzene rings is 2. The second-order valence-electron chi connectivity index (χ2n) is 5.06. The highest BCUT2D eigenvalue weighted by atomic mass is 19.4. The first-order valence-electron chi connectivity index (χ1n) is 6.80. The Labute approximate surface area is 130 Å². The highest BCUT2D eigenvalue weighted by Crippen LogP contribution is 2.36. The number of hydrogen-bond donors (Lipinski definition) is 0. The molecule has 0 saturated heterocycles. The Morgan fingerprint density at radius 2 is 1.70 bits per heavy atom. The number of alkyl halides is 3. The minimum atomic E-state index is -4.72. The second kappa shape index (κ2) is 5.46. The number of carbonyl (C=O) groups is 1. The zero-order valence-electron chi connectivity index (χ0n) is 12.1. The van der Waals surface area contributed by atoms with E-state index in [9.17, 15) is 18.0 Å². The Kier molecular flexibility index (Phi) is 3.60. The summed E-state index contributed by atoms with van der Waals surface area (Å²) in [5.41, 5.74) is 2.73. The zero-order chi connectivity index (χ0) is 16.6. The van der Waals surface area contributed by atoms with Gasteiger partial charge in [-0.25, -0.2) is 0 Å². The van der Waals surface area contributed by atoms with Gasteiger partial charge in [-0.2, -0.15) is 0 Å². The van der Waals surface area contributed by atoms with Gasteiger partial charge in [-0.05, 0) is 29.8 Å². The van der Waals surface area contributed by atoms with Crippen molar-refractivity contribution in [3.63, 3.8) is 0 Å². The number of halogens is 3. The van der Waals surface area contributed by atoms with E-state index in [0.717, 1.165) is 11.3 Å². The molecule has 0 bridgehead atoms. The molecular formula is C17H12F3NO2. The van der Waals surface area contributed by atoms with E-state index >= 15 is 0 Å². The maximum atomic E-state index is 12.3. The fraction of sp³-hybridized carbons (Fsp3) is 0.118. The summed E-state index contributed by atoms with van der Waals surface area (Å²) in [6.07, 6.45) is -3.06. The fourth-order valence-electron chi connectivity index (χ4n) is 2.47. The molecule has 118 valence electrons. The lowest BCUT2D eigenvalue weighted by molar-refractivity contribution is -0.274. The van der Waals surface area contributed by atoms with Crippen LogP contribution in [-0.2, 0) is 4.79 Å². The van der Waals surface area contributed by atoms with Crippen molar-refractivity contribution in [1.82, 2.24) is 0 Å². The molecule has 0 unspecified atom stereocenters. The number of amides is 1. The van der Waals surface area contributed by atoms with Crippen molar-refractivity contribution < 1.29 is 22.7 Å². The summed E-state index contributed by atoms with van der Waals surface area (Å²) >= 11 is 0. The predicted molar refractivity (Wildman–Crippen MR) is 80.8 cm³/mol. The predicted octanol–water partition coefficient (Wildman–Crippen LogP) is 4.10. The smallest absolute Gasteiger partial charge is 0.406 e. The Balaban J connectivity index is 1.92. The summed E-state index contributed by atoms with van der Waals surface area (Å²) in [4.78, 5) is 13.8. The number of ether oxygens (including phenoxy) is 1. The number of nitrogens with zero attached hydrogens (tertiary/aromatic N) is 1. The lowest BCUT2D eigenvalue weighted by Crippen LogP contribution is -2.20. The lowest BCUT2D eigenvalue weighted by Gasteiger charge is -2.08. The molecule has 6 heteroatoms. The third-order valence-corrected chi connectivity index (χ3v) is 3.52. The molecule has 23 heavy (non-hydrogen) atoms. The Hall–Kier alpha value is -2.76. The molecule has 3 rings (SSSR count). The molecule has 2 aromatic rings. The van der Waals surface area contributed by atoms with Gasteiger partial charge < -0.3 is 9.64 Å². The van der Waals surface area contributed by atoms with Crippen LogP contribution >= 0.6 is 0 Å². The summed E-state index contributed by atoms with van der Waals surface area (Å²) in [5.74, 6) is -0.447. The molecule has 1 aliphatic rings. The van der Waals surface area contributed by atoms with E-state index < -0.39 is 6.36 Å². The van der Waals surface area contributed by atoms with Gasteiger partial charge in [0, 0.05) is 18.2 Å². The lowest BCUT2D eigenvalue weighted by atomic mass is 10.0. The number of para-hydroxylation sites is 1. The third kappa shape index (κ3) is 3.06. The summed E-state index contributed by atoms with van der Waals surface area (Å²) < 4.78 is 40.3. The molecule has 0 fully saturated rings. The van der Waals surface area contributed by atoms with Gasteiger partial charge >= 0.3 is 6.36 Å². The summed E-state index contributed by atoms with van der Waals surface area (Å²) in [7, 11) is 1.68. The first-order valence-corrected chi connectivity index (χ1v) is 6.80. The molecule has 1 heterocycles. The number of likely N-dealkylation sites (N-methyl/N-ethyl adjacent to an activating group) is 1. The SMILES string of the molecule is CN1C(=O)C(=Cc2ccc(OC(F)(F)F)cc2)c2ccccc21. The molecule has 0 radical (unpaired) electrons. The van der Waals surface area contributed by atoms with Crippen LogP contribution in [-0.4, -0.2) is 19.3 Å². The van der Waals surface area contributed by atoms with Crippen molar-refractivity contribution in [3.8, 4) is 5.75 Å². The monoisotopic (exact) mass is 319 g/mol. The number of carbonyl (C=O) groups excluding carboxylic acids is 1. The molecule has 0 N–H and O–H groups in total. The van der Waals surface area contributed by atoms with Crippen LogP contribution in [0.1, 0.15) is 11.1 Å². The van der Waals surface area contributed by atoms with Gasteiger partial charge in [0.05, 0.1) is 5.69 Å². The molecule has 0 aliphatic carbocycles. The largest absolute Gasteiger partial charge is 0.573 e. The van der Waals surface area contributed by atoms with Crippen LogP contribution in [0.5, 0.6) is 5.75 Å². The van der Waals surface area contributed by atoms with Crippen LogP contribution in [0.15, 0.2) is 48.5 Å². The van der Waals surface area contributed by atoms with Crippen molar-refractivity contribution in [3.05, 3.63) is 59.7 Å². The number of rotatable bonds is 2.